The number of rotatable bonds is 3. The van der Waals surface area contributed by atoms with Crippen molar-refractivity contribution in [1.29, 1.82) is 0 Å². The molecular formula is C21H19ClN2. The van der Waals surface area contributed by atoms with E-state index in [0.29, 0.717) is 0 Å². The van der Waals surface area contributed by atoms with Crippen molar-refractivity contribution in [3.8, 4) is 16.9 Å². The SMILES string of the molecule is Clc1c(-c2ccccc2)nn(-c2ccccc2)c1C1=CCCCC1. The molecule has 0 N–H and O–H groups in total. The minimum absolute atomic E-state index is 0.748. The highest BCUT2D eigenvalue weighted by molar-refractivity contribution is 6.34. The smallest absolute Gasteiger partial charge is 0.112 e. The second-order valence-electron chi connectivity index (χ2n) is 6.10. The topological polar surface area (TPSA) is 17.8 Å². The molecule has 1 heterocycles. The van der Waals surface area contributed by atoms with Crippen LogP contribution in [0.25, 0.3) is 22.5 Å². The molecule has 0 saturated carbocycles. The van der Waals surface area contributed by atoms with E-state index >= 15 is 0 Å². The standard InChI is InChI=1S/C21H19ClN2/c22-19-20(16-10-4-1-5-11-16)23-24(18-14-8-3-9-15-18)21(19)17-12-6-2-7-13-17/h1,3-5,8-12,14-15H,2,6-7,13H2. The molecule has 0 radical (unpaired) electrons. The van der Waals surface area contributed by atoms with Crippen LogP contribution in [0.5, 0.6) is 0 Å². The largest absolute Gasteiger partial charge is 0.231 e. The van der Waals surface area contributed by atoms with Crippen LogP contribution in [0.15, 0.2) is 66.7 Å². The van der Waals surface area contributed by atoms with Crippen LogP contribution in [-0.2, 0) is 0 Å². The van der Waals surface area contributed by atoms with Gasteiger partial charge in [0.25, 0.3) is 0 Å². The summed E-state index contributed by atoms with van der Waals surface area (Å²) in [5.74, 6) is 0. The molecule has 0 aliphatic heterocycles. The van der Waals surface area contributed by atoms with Crippen LogP contribution < -0.4 is 0 Å². The first-order valence-electron chi connectivity index (χ1n) is 8.43. The number of halogens is 1. The molecule has 4 rings (SSSR count). The highest BCUT2D eigenvalue weighted by atomic mass is 35.5. The number of hydrogen-bond acceptors (Lipinski definition) is 1. The molecule has 1 aliphatic carbocycles. The van der Waals surface area contributed by atoms with E-state index in [4.69, 9.17) is 16.7 Å². The maximum Gasteiger partial charge on any atom is 0.112 e. The summed E-state index contributed by atoms with van der Waals surface area (Å²) in [5, 5.41) is 5.62. The van der Waals surface area contributed by atoms with Gasteiger partial charge < -0.3 is 0 Å². The van der Waals surface area contributed by atoms with Gasteiger partial charge in [0, 0.05) is 5.56 Å². The van der Waals surface area contributed by atoms with Crippen LogP contribution in [0, 0.1) is 0 Å². The van der Waals surface area contributed by atoms with Crippen molar-refractivity contribution in [2.45, 2.75) is 25.7 Å². The van der Waals surface area contributed by atoms with E-state index in [-0.39, 0.29) is 0 Å². The second-order valence-corrected chi connectivity index (χ2v) is 6.48. The Morgan fingerprint density at radius 1 is 0.875 bits per heavy atom. The lowest BCUT2D eigenvalue weighted by Gasteiger charge is -2.15. The maximum absolute atomic E-state index is 6.82. The lowest BCUT2D eigenvalue weighted by atomic mass is 9.96. The van der Waals surface area contributed by atoms with Gasteiger partial charge in [-0.1, -0.05) is 66.2 Å². The van der Waals surface area contributed by atoms with Crippen molar-refractivity contribution < 1.29 is 0 Å². The van der Waals surface area contributed by atoms with Crippen molar-refractivity contribution in [1.82, 2.24) is 9.78 Å². The quantitative estimate of drug-likeness (QED) is 0.561. The van der Waals surface area contributed by atoms with E-state index in [1.165, 1.54) is 18.4 Å². The van der Waals surface area contributed by atoms with Gasteiger partial charge in [-0.2, -0.15) is 5.10 Å². The fourth-order valence-corrected chi connectivity index (χ4v) is 3.61. The Balaban J connectivity index is 1.93. The van der Waals surface area contributed by atoms with E-state index in [1.54, 1.807) is 0 Å². The zero-order valence-electron chi connectivity index (χ0n) is 13.5. The predicted octanol–water partition coefficient (Wildman–Crippen LogP) is 6.15. The number of hydrogen-bond donors (Lipinski definition) is 0. The maximum atomic E-state index is 6.82. The van der Waals surface area contributed by atoms with Gasteiger partial charge in [-0.3, -0.25) is 0 Å². The molecule has 0 amide bonds. The molecule has 2 nitrogen and oxygen atoms in total. The first kappa shape index (κ1) is 15.2. The Labute approximate surface area is 147 Å². The lowest BCUT2D eigenvalue weighted by molar-refractivity contribution is 0.733. The average molecular weight is 335 g/mol. The Hall–Kier alpha value is -2.32. The summed E-state index contributed by atoms with van der Waals surface area (Å²) in [4.78, 5) is 0. The predicted molar refractivity (Wildman–Crippen MR) is 100 cm³/mol. The van der Waals surface area contributed by atoms with Crippen LogP contribution in [0.4, 0.5) is 0 Å². The minimum Gasteiger partial charge on any atom is -0.231 e. The fourth-order valence-electron chi connectivity index (χ4n) is 3.27. The molecule has 3 aromatic rings. The third kappa shape index (κ3) is 2.78. The molecule has 0 unspecified atom stereocenters. The molecule has 0 spiro atoms. The molecule has 0 saturated heterocycles. The van der Waals surface area contributed by atoms with Gasteiger partial charge in [0.15, 0.2) is 0 Å². The zero-order valence-corrected chi connectivity index (χ0v) is 14.2. The van der Waals surface area contributed by atoms with Crippen molar-refractivity contribution in [2.24, 2.45) is 0 Å². The van der Waals surface area contributed by atoms with Crippen LogP contribution in [-0.4, -0.2) is 9.78 Å². The third-order valence-electron chi connectivity index (χ3n) is 4.47. The van der Waals surface area contributed by atoms with Gasteiger partial charge in [-0.15, -0.1) is 0 Å². The number of aromatic nitrogens is 2. The van der Waals surface area contributed by atoms with Crippen LogP contribution in [0.2, 0.25) is 5.02 Å². The first-order valence-corrected chi connectivity index (χ1v) is 8.81. The van der Waals surface area contributed by atoms with Gasteiger partial charge in [0.2, 0.25) is 0 Å². The summed E-state index contributed by atoms with van der Waals surface area (Å²) >= 11 is 6.82. The lowest BCUT2D eigenvalue weighted by Crippen LogP contribution is -2.03. The minimum atomic E-state index is 0.748. The van der Waals surface area contributed by atoms with Crippen LogP contribution in [0.1, 0.15) is 31.4 Å². The second kappa shape index (κ2) is 6.66. The molecule has 120 valence electrons. The number of benzene rings is 2. The molecule has 1 aromatic heterocycles. The first-order chi connectivity index (χ1) is 11.8. The highest BCUT2D eigenvalue weighted by Gasteiger charge is 2.22. The summed E-state index contributed by atoms with van der Waals surface area (Å²) < 4.78 is 2.00. The van der Waals surface area contributed by atoms with E-state index in [1.807, 2.05) is 41.1 Å². The van der Waals surface area contributed by atoms with Gasteiger partial charge in [0.05, 0.1) is 16.4 Å². The monoisotopic (exact) mass is 334 g/mol. The Morgan fingerprint density at radius 2 is 1.58 bits per heavy atom. The highest BCUT2D eigenvalue weighted by Crippen LogP contribution is 2.38. The molecule has 2 aromatic carbocycles. The van der Waals surface area contributed by atoms with Crippen LogP contribution >= 0.6 is 11.6 Å². The van der Waals surface area contributed by atoms with Crippen molar-refractivity contribution in [2.75, 3.05) is 0 Å². The molecule has 1 aliphatic rings. The van der Waals surface area contributed by atoms with Gasteiger partial charge >= 0.3 is 0 Å². The molecule has 3 heteroatoms. The molecular weight excluding hydrogens is 316 g/mol. The number of allylic oxidation sites excluding steroid dienone is 2. The summed E-state index contributed by atoms with van der Waals surface area (Å²) in [7, 11) is 0. The van der Waals surface area contributed by atoms with Crippen LogP contribution in [0.3, 0.4) is 0 Å². The molecule has 0 bridgehead atoms. The summed E-state index contributed by atoms with van der Waals surface area (Å²) in [5.41, 5.74) is 5.30. The molecule has 0 fully saturated rings. The Bertz CT molecular complexity index is 864. The normalized spacial score (nSPS) is 14.5. The van der Waals surface area contributed by atoms with Gasteiger partial charge in [0.1, 0.15) is 5.69 Å². The molecule has 0 atom stereocenters. The van der Waals surface area contributed by atoms with Crippen molar-refractivity contribution in [3.05, 3.63) is 77.5 Å². The van der Waals surface area contributed by atoms with E-state index in [9.17, 15) is 0 Å². The van der Waals surface area contributed by atoms with E-state index < -0.39 is 0 Å². The Kier molecular flexibility index (Phi) is 4.22. The van der Waals surface area contributed by atoms with E-state index in [2.05, 4.69) is 30.3 Å². The number of para-hydroxylation sites is 1. The summed E-state index contributed by atoms with van der Waals surface area (Å²) in [6, 6.07) is 20.4. The average Bonchev–Trinajstić information content (AvgIpc) is 3.01. The van der Waals surface area contributed by atoms with Gasteiger partial charge in [-0.25, -0.2) is 4.68 Å². The number of nitrogens with zero attached hydrogens (tertiary/aromatic N) is 2. The molecule has 24 heavy (non-hydrogen) atoms. The van der Waals surface area contributed by atoms with Gasteiger partial charge in [-0.05, 0) is 43.4 Å². The summed E-state index contributed by atoms with van der Waals surface area (Å²) in [6.45, 7) is 0. The van der Waals surface area contributed by atoms with E-state index in [0.717, 1.165) is 40.5 Å². The third-order valence-corrected chi connectivity index (χ3v) is 4.83. The fraction of sp³-hybridized carbons (Fsp3) is 0.190. The Morgan fingerprint density at radius 3 is 2.25 bits per heavy atom. The zero-order chi connectivity index (χ0) is 16.4. The van der Waals surface area contributed by atoms with Crippen molar-refractivity contribution in [3.63, 3.8) is 0 Å². The van der Waals surface area contributed by atoms with Crippen molar-refractivity contribution >= 4 is 17.2 Å². The summed E-state index contributed by atoms with van der Waals surface area (Å²) in [6.07, 6.45) is 6.97.